The summed E-state index contributed by atoms with van der Waals surface area (Å²) in [7, 11) is 0. The van der Waals surface area contributed by atoms with Crippen molar-refractivity contribution in [3.05, 3.63) is 30.1 Å². The summed E-state index contributed by atoms with van der Waals surface area (Å²) in [6.07, 6.45) is 1.83. The molecule has 1 aromatic heterocycles. The van der Waals surface area contributed by atoms with Crippen LogP contribution in [0.15, 0.2) is 24.4 Å². The van der Waals surface area contributed by atoms with Crippen LogP contribution in [-0.4, -0.2) is 62.5 Å². The molecule has 0 fully saturated rings. The third-order valence-electron chi connectivity index (χ3n) is 3.15. The Kier molecular flexibility index (Phi) is 10.9. The van der Waals surface area contributed by atoms with Crippen LogP contribution < -0.4 is 5.32 Å². The van der Waals surface area contributed by atoms with Gasteiger partial charge in [-0.2, -0.15) is 0 Å². The first-order valence-electron chi connectivity index (χ1n) is 7.85. The van der Waals surface area contributed by atoms with E-state index in [1.165, 1.54) is 0 Å². The lowest BCUT2D eigenvalue weighted by atomic mass is 10.3. The Morgan fingerprint density at radius 1 is 1.05 bits per heavy atom. The highest BCUT2D eigenvalue weighted by atomic mass is 16.5. The van der Waals surface area contributed by atoms with E-state index in [9.17, 15) is 0 Å². The molecule has 0 aliphatic heterocycles. The van der Waals surface area contributed by atoms with Gasteiger partial charge in [-0.05, 0) is 26.0 Å². The number of rotatable bonds is 13. The van der Waals surface area contributed by atoms with E-state index in [1.807, 2.05) is 38.2 Å². The lowest BCUT2D eigenvalue weighted by Crippen LogP contribution is -2.36. The van der Waals surface area contributed by atoms with Crippen molar-refractivity contribution < 1.29 is 9.47 Å². The first-order chi connectivity index (χ1) is 10.4. The number of pyridine rings is 1. The maximum absolute atomic E-state index is 5.43. The third-order valence-corrected chi connectivity index (χ3v) is 3.15. The van der Waals surface area contributed by atoms with E-state index in [4.69, 9.17) is 9.47 Å². The van der Waals surface area contributed by atoms with E-state index >= 15 is 0 Å². The van der Waals surface area contributed by atoms with Gasteiger partial charge in [0.2, 0.25) is 0 Å². The standard InChI is InChI=1S/C16H29N3O2/c1-3-20-13-11-19(12-14-21-4-2)10-9-17-15-16-7-5-6-8-18-16/h5-8,17H,3-4,9-15H2,1-2H3. The third kappa shape index (κ3) is 9.52. The van der Waals surface area contributed by atoms with Gasteiger partial charge in [0.05, 0.1) is 18.9 Å². The van der Waals surface area contributed by atoms with Crippen molar-refractivity contribution in [2.24, 2.45) is 0 Å². The molecular formula is C16H29N3O2. The number of hydrogen-bond donors (Lipinski definition) is 1. The molecule has 0 bridgehead atoms. The maximum Gasteiger partial charge on any atom is 0.0593 e. The predicted molar refractivity (Wildman–Crippen MR) is 85.4 cm³/mol. The minimum atomic E-state index is 0.775. The second-order valence-corrected chi connectivity index (χ2v) is 4.73. The van der Waals surface area contributed by atoms with Crippen molar-refractivity contribution in [2.45, 2.75) is 20.4 Å². The molecule has 1 heterocycles. The van der Waals surface area contributed by atoms with E-state index in [0.717, 1.165) is 64.8 Å². The van der Waals surface area contributed by atoms with Crippen molar-refractivity contribution >= 4 is 0 Å². The molecule has 21 heavy (non-hydrogen) atoms. The van der Waals surface area contributed by atoms with E-state index in [-0.39, 0.29) is 0 Å². The van der Waals surface area contributed by atoms with Crippen LogP contribution in [0.1, 0.15) is 19.5 Å². The van der Waals surface area contributed by atoms with Crippen molar-refractivity contribution in [2.75, 3.05) is 52.6 Å². The van der Waals surface area contributed by atoms with Crippen molar-refractivity contribution in [1.82, 2.24) is 15.2 Å². The van der Waals surface area contributed by atoms with Crippen LogP contribution >= 0.6 is 0 Å². The quantitative estimate of drug-likeness (QED) is 0.559. The van der Waals surface area contributed by atoms with Crippen LogP contribution in [0.2, 0.25) is 0 Å². The zero-order chi connectivity index (χ0) is 15.2. The molecule has 5 nitrogen and oxygen atoms in total. The Balaban J connectivity index is 2.17. The van der Waals surface area contributed by atoms with Gasteiger partial charge >= 0.3 is 0 Å². The lowest BCUT2D eigenvalue weighted by molar-refractivity contribution is 0.0832. The second-order valence-electron chi connectivity index (χ2n) is 4.73. The first kappa shape index (κ1) is 18.0. The Morgan fingerprint density at radius 3 is 2.33 bits per heavy atom. The lowest BCUT2D eigenvalue weighted by Gasteiger charge is -2.22. The largest absolute Gasteiger partial charge is 0.380 e. The highest BCUT2D eigenvalue weighted by Crippen LogP contribution is 1.93. The highest BCUT2D eigenvalue weighted by molar-refractivity contribution is 5.02. The van der Waals surface area contributed by atoms with Gasteiger partial charge < -0.3 is 14.8 Å². The molecule has 1 N–H and O–H groups in total. The first-order valence-corrected chi connectivity index (χ1v) is 7.85. The molecule has 120 valence electrons. The Morgan fingerprint density at radius 2 is 1.76 bits per heavy atom. The van der Waals surface area contributed by atoms with Crippen molar-refractivity contribution in [3.8, 4) is 0 Å². The average molecular weight is 295 g/mol. The molecular weight excluding hydrogens is 266 g/mol. The zero-order valence-electron chi connectivity index (χ0n) is 13.4. The van der Waals surface area contributed by atoms with Gasteiger partial charge in [-0.1, -0.05) is 6.07 Å². The van der Waals surface area contributed by atoms with Gasteiger partial charge in [-0.15, -0.1) is 0 Å². The highest BCUT2D eigenvalue weighted by Gasteiger charge is 2.04. The van der Waals surface area contributed by atoms with Gasteiger partial charge in [0.1, 0.15) is 0 Å². The zero-order valence-corrected chi connectivity index (χ0v) is 13.4. The molecule has 0 spiro atoms. The van der Waals surface area contributed by atoms with Gasteiger partial charge in [0.25, 0.3) is 0 Å². The normalized spacial score (nSPS) is 11.2. The molecule has 1 aromatic rings. The summed E-state index contributed by atoms with van der Waals surface area (Å²) in [5.74, 6) is 0. The topological polar surface area (TPSA) is 46.6 Å². The number of aromatic nitrogens is 1. The fourth-order valence-corrected chi connectivity index (χ4v) is 1.97. The molecule has 0 atom stereocenters. The summed E-state index contributed by atoms with van der Waals surface area (Å²) in [4.78, 5) is 6.67. The van der Waals surface area contributed by atoms with Gasteiger partial charge in [-0.3, -0.25) is 9.88 Å². The minimum Gasteiger partial charge on any atom is -0.380 e. The number of hydrogen-bond acceptors (Lipinski definition) is 5. The van der Waals surface area contributed by atoms with Crippen molar-refractivity contribution in [3.63, 3.8) is 0 Å². The summed E-state index contributed by atoms with van der Waals surface area (Å²) in [5.41, 5.74) is 1.08. The maximum atomic E-state index is 5.43. The molecule has 0 amide bonds. The molecule has 0 saturated heterocycles. The minimum absolute atomic E-state index is 0.775. The molecule has 1 rings (SSSR count). The molecule has 5 heteroatoms. The fourth-order valence-electron chi connectivity index (χ4n) is 1.97. The average Bonchev–Trinajstić information content (AvgIpc) is 2.52. The predicted octanol–water partition coefficient (Wildman–Crippen LogP) is 1.55. The second kappa shape index (κ2) is 12.7. The Labute approximate surface area is 128 Å². The molecule has 0 saturated carbocycles. The van der Waals surface area contributed by atoms with Gasteiger partial charge in [0, 0.05) is 52.1 Å². The SMILES string of the molecule is CCOCCN(CCNCc1ccccn1)CCOCC. The van der Waals surface area contributed by atoms with Crippen LogP contribution in [0.5, 0.6) is 0 Å². The Hall–Kier alpha value is -1.01. The van der Waals surface area contributed by atoms with Gasteiger partial charge in [-0.25, -0.2) is 0 Å². The van der Waals surface area contributed by atoms with Crippen LogP contribution in [0.3, 0.4) is 0 Å². The molecule has 0 aliphatic rings. The Bertz CT molecular complexity index is 326. The van der Waals surface area contributed by atoms with E-state index in [1.54, 1.807) is 0 Å². The summed E-state index contributed by atoms with van der Waals surface area (Å²) in [6, 6.07) is 5.99. The van der Waals surface area contributed by atoms with Gasteiger partial charge in [0.15, 0.2) is 0 Å². The summed E-state index contributed by atoms with van der Waals surface area (Å²) in [5, 5.41) is 3.43. The summed E-state index contributed by atoms with van der Waals surface area (Å²) >= 11 is 0. The number of nitrogens with zero attached hydrogens (tertiary/aromatic N) is 2. The molecule has 0 unspecified atom stereocenters. The van der Waals surface area contributed by atoms with Crippen LogP contribution in [-0.2, 0) is 16.0 Å². The smallest absolute Gasteiger partial charge is 0.0593 e. The molecule has 0 aromatic carbocycles. The van der Waals surface area contributed by atoms with E-state index < -0.39 is 0 Å². The summed E-state index contributed by atoms with van der Waals surface area (Å²) in [6.45, 7) is 11.8. The van der Waals surface area contributed by atoms with E-state index in [0.29, 0.717) is 0 Å². The molecule has 0 aliphatic carbocycles. The fraction of sp³-hybridized carbons (Fsp3) is 0.688. The number of nitrogens with one attached hydrogen (secondary N) is 1. The van der Waals surface area contributed by atoms with Crippen LogP contribution in [0.25, 0.3) is 0 Å². The molecule has 0 radical (unpaired) electrons. The van der Waals surface area contributed by atoms with Crippen LogP contribution in [0.4, 0.5) is 0 Å². The summed E-state index contributed by atoms with van der Waals surface area (Å²) < 4.78 is 10.9. The van der Waals surface area contributed by atoms with Crippen molar-refractivity contribution in [1.29, 1.82) is 0 Å². The monoisotopic (exact) mass is 295 g/mol. The van der Waals surface area contributed by atoms with Crippen LogP contribution in [0, 0.1) is 0 Å². The number of ether oxygens (including phenoxy) is 2. The van der Waals surface area contributed by atoms with E-state index in [2.05, 4.69) is 15.2 Å².